The van der Waals surface area contributed by atoms with E-state index in [1.807, 2.05) is 4.68 Å². The number of carbonyl (C=O) groups is 1. The molecule has 0 aliphatic carbocycles. The van der Waals surface area contributed by atoms with Crippen molar-refractivity contribution in [2.75, 3.05) is 7.11 Å². The van der Waals surface area contributed by atoms with Gasteiger partial charge in [-0.1, -0.05) is 31.4 Å². The first-order chi connectivity index (χ1) is 8.69. The van der Waals surface area contributed by atoms with Crippen LogP contribution >= 0.6 is 0 Å². The fraction of sp³-hybridized carbons (Fsp3) is 0.750. The summed E-state index contributed by atoms with van der Waals surface area (Å²) in [6, 6.07) is 0. The average Bonchev–Trinajstić information content (AvgIpc) is 2.68. The molecule has 18 heavy (non-hydrogen) atoms. The van der Waals surface area contributed by atoms with E-state index >= 15 is 0 Å². The molecule has 0 bridgehead atoms. The number of unbranched alkanes of at least 4 members (excludes halogenated alkanes) is 3. The number of rotatable bonds is 9. The number of methoxy groups -OCH3 is 1. The highest BCUT2D eigenvalue weighted by molar-refractivity contribution is 5.76. The van der Waals surface area contributed by atoms with Gasteiger partial charge in [0.25, 0.3) is 0 Å². The highest BCUT2D eigenvalue weighted by Gasteiger charge is 2.14. The minimum atomic E-state index is -0.398. The smallest absolute Gasteiger partial charge is 0.223 e. The van der Waals surface area contributed by atoms with Crippen LogP contribution in [0.5, 0.6) is 0 Å². The lowest BCUT2D eigenvalue weighted by atomic mass is 10.2. The molecule has 0 fully saturated rings. The van der Waals surface area contributed by atoms with Crippen molar-refractivity contribution in [3.05, 3.63) is 11.4 Å². The molecule has 0 aromatic carbocycles. The molecule has 0 saturated carbocycles. The molecule has 0 saturated heterocycles. The summed E-state index contributed by atoms with van der Waals surface area (Å²) in [6.45, 7) is 3.39. The Kier molecular flexibility index (Phi) is 6.35. The molecule has 0 radical (unpaired) electrons. The van der Waals surface area contributed by atoms with E-state index in [2.05, 4.69) is 17.2 Å². The predicted octanol–water partition coefficient (Wildman–Crippen LogP) is 1.03. The van der Waals surface area contributed by atoms with Crippen LogP contribution in [0.1, 0.15) is 44.0 Å². The maximum Gasteiger partial charge on any atom is 0.223 e. The average molecular weight is 254 g/mol. The molecular weight excluding hydrogens is 232 g/mol. The van der Waals surface area contributed by atoms with Crippen LogP contribution in [-0.2, 0) is 29.1 Å². The van der Waals surface area contributed by atoms with Crippen LogP contribution < -0.4 is 5.73 Å². The molecule has 0 spiro atoms. The quantitative estimate of drug-likeness (QED) is 0.667. The van der Waals surface area contributed by atoms with Crippen LogP contribution in [-0.4, -0.2) is 28.0 Å². The van der Waals surface area contributed by atoms with E-state index in [-0.39, 0.29) is 6.42 Å². The third-order valence-corrected chi connectivity index (χ3v) is 2.76. The van der Waals surface area contributed by atoms with E-state index in [0.29, 0.717) is 12.3 Å². The van der Waals surface area contributed by atoms with Gasteiger partial charge in [-0.2, -0.15) is 0 Å². The van der Waals surface area contributed by atoms with Crippen molar-refractivity contribution in [1.29, 1.82) is 0 Å². The van der Waals surface area contributed by atoms with E-state index in [0.717, 1.165) is 18.7 Å². The topological polar surface area (TPSA) is 83.0 Å². The second-order valence-electron chi connectivity index (χ2n) is 4.34. The number of hydrogen-bond donors (Lipinski definition) is 1. The van der Waals surface area contributed by atoms with Crippen LogP contribution in [0.15, 0.2) is 0 Å². The molecule has 1 aromatic rings. The molecule has 0 aliphatic heterocycles. The van der Waals surface area contributed by atoms with Gasteiger partial charge >= 0.3 is 0 Å². The van der Waals surface area contributed by atoms with Crippen LogP contribution in [0, 0.1) is 0 Å². The van der Waals surface area contributed by atoms with Gasteiger partial charge in [0.15, 0.2) is 0 Å². The highest BCUT2D eigenvalue weighted by atomic mass is 16.5. The van der Waals surface area contributed by atoms with Crippen molar-refractivity contribution < 1.29 is 9.53 Å². The van der Waals surface area contributed by atoms with E-state index in [4.69, 9.17) is 10.5 Å². The summed E-state index contributed by atoms with van der Waals surface area (Å²) in [7, 11) is 1.61. The third kappa shape index (κ3) is 4.44. The first kappa shape index (κ1) is 14.6. The SMILES string of the molecule is CCCCCCn1nnc(CC(N)=O)c1COC. The van der Waals surface area contributed by atoms with Gasteiger partial charge in [-0.05, 0) is 6.42 Å². The van der Waals surface area contributed by atoms with Crippen LogP contribution in [0.2, 0.25) is 0 Å². The lowest BCUT2D eigenvalue weighted by molar-refractivity contribution is -0.117. The van der Waals surface area contributed by atoms with E-state index in [1.165, 1.54) is 19.3 Å². The number of aromatic nitrogens is 3. The van der Waals surface area contributed by atoms with Crippen molar-refractivity contribution in [2.24, 2.45) is 5.73 Å². The zero-order chi connectivity index (χ0) is 13.4. The van der Waals surface area contributed by atoms with Crippen molar-refractivity contribution in [1.82, 2.24) is 15.0 Å². The second-order valence-corrected chi connectivity index (χ2v) is 4.34. The first-order valence-corrected chi connectivity index (χ1v) is 6.37. The van der Waals surface area contributed by atoms with Gasteiger partial charge < -0.3 is 10.5 Å². The molecule has 102 valence electrons. The molecule has 6 nitrogen and oxygen atoms in total. The molecule has 6 heteroatoms. The van der Waals surface area contributed by atoms with Crippen LogP contribution in [0.4, 0.5) is 0 Å². The number of primary amides is 1. The largest absolute Gasteiger partial charge is 0.378 e. The molecule has 0 aliphatic rings. The number of carbonyl (C=O) groups excluding carboxylic acids is 1. The summed E-state index contributed by atoms with van der Waals surface area (Å²) in [5.74, 6) is -0.398. The lowest BCUT2D eigenvalue weighted by Crippen LogP contribution is -2.16. The number of hydrogen-bond acceptors (Lipinski definition) is 4. The minimum absolute atomic E-state index is 0.119. The second kappa shape index (κ2) is 7.81. The zero-order valence-corrected chi connectivity index (χ0v) is 11.2. The third-order valence-electron chi connectivity index (χ3n) is 2.76. The van der Waals surface area contributed by atoms with Crippen LogP contribution in [0.25, 0.3) is 0 Å². The van der Waals surface area contributed by atoms with Crippen molar-refractivity contribution in [3.8, 4) is 0 Å². The van der Waals surface area contributed by atoms with Crippen molar-refractivity contribution in [3.63, 3.8) is 0 Å². The van der Waals surface area contributed by atoms with Gasteiger partial charge in [-0.3, -0.25) is 4.79 Å². The lowest BCUT2D eigenvalue weighted by Gasteiger charge is -2.06. The van der Waals surface area contributed by atoms with Gasteiger partial charge in [0, 0.05) is 13.7 Å². The summed E-state index contributed by atoms with van der Waals surface area (Å²) in [6.07, 6.45) is 4.78. The van der Waals surface area contributed by atoms with E-state index in [1.54, 1.807) is 7.11 Å². The fourth-order valence-corrected chi connectivity index (χ4v) is 1.83. The van der Waals surface area contributed by atoms with Crippen LogP contribution in [0.3, 0.4) is 0 Å². The van der Waals surface area contributed by atoms with Crippen molar-refractivity contribution in [2.45, 2.75) is 52.2 Å². The number of nitrogens with zero attached hydrogens (tertiary/aromatic N) is 3. The zero-order valence-electron chi connectivity index (χ0n) is 11.2. The molecule has 0 atom stereocenters. The summed E-state index contributed by atoms with van der Waals surface area (Å²) in [5.41, 5.74) is 6.66. The van der Waals surface area contributed by atoms with E-state index in [9.17, 15) is 4.79 Å². The maximum absolute atomic E-state index is 10.9. The predicted molar refractivity (Wildman–Crippen MR) is 67.8 cm³/mol. The normalized spacial score (nSPS) is 10.8. The first-order valence-electron chi connectivity index (χ1n) is 6.37. The van der Waals surface area contributed by atoms with Gasteiger partial charge in [0.2, 0.25) is 5.91 Å². The number of aryl methyl sites for hydroxylation is 1. The summed E-state index contributed by atoms with van der Waals surface area (Å²) in [5, 5.41) is 8.07. The Balaban J connectivity index is 2.65. The minimum Gasteiger partial charge on any atom is -0.378 e. The molecule has 1 rings (SSSR count). The Labute approximate surface area is 107 Å². The number of nitrogens with two attached hydrogens (primary N) is 1. The number of amides is 1. The Morgan fingerprint density at radius 3 is 2.78 bits per heavy atom. The molecule has 2 N–H and O–H groups in total. The van der Waals surface area contributed by atoms with Gasteiger partial charge in [0.05, 0.1) is 24.4 Å². The highest BCUT2D eigenvalue weighted by Crippen LogP contribution is 2.10. The fourth-order valence-electron chi connectivity index (χ4n) is 1.83. The summed E-state index contributed by atoms with van der Waals surface area (Å²) >= 11 is 0. The Morgan fingerprint density at radius 1 is 1.39 bits per heavy atom. The molecule has 1 aromatic heterocycles. The Bertz CT molecular complexity index is 376. The molecule has 0 unspecified atom stereocenters. The molecular formula is C12H22N4O2. The number of ether oxygens (including phenoxy) is 1. The van der Waals surface area contributed by atoms with E-state index < -0.39 is 5.91 Å². The molecule has 1 amide bonds. The monoisotopic (exact) mass is 254 g/mol. The van der Waals surface area contributed by atoms with Gasteiger partial charge in [-0.25, -0.2) is 4.68 Å². The standard InChI is InChI=1S/C12H22N4O2/c1-3-4-5-6-7-16-11(9-18-2)10(14-15-16)8-12(13)17/h3-9H2,1-2H3,(H2,13,17). The van der Waals surface area contributed by atoms with Gasteiger partial charge in [-0.15, -0.1) is 5.10 Å². The summed E-state index contributed by atoms with van der Waals surface area (Å²) < 4.78 is 6.94. The Morgan fingerprint density at radius 2 is 2.17 bits per heavy atom. The summed E-state index contributed by atoms with van der Waals surface area (Å²) in [4.78, 5) is 10.9. The molecule has 1 heterocycles. The van der Waals surface area contributed by atoms with Gasteiger partial charge in [0.1, 0.15) is 0 Å². The Hall–Kier alpha value is -1.43. The maximum atomic E-state index is 10.9. The van der Waals surface area contributed by atoms with Crippen molar-refractivity contribution >= 4 is 5.91 Å².